The highest BCUT2D eigenvalue weighted by Crippen LogP contribution is 2.32. The lowest BCUT2D eigenvalue weighted by Gasteiger charge is -2.34. The highest BCUT2D eigenvalue weighted by molar-refractivity contribution is 5.78. The molecule has 1 amide bonds. The zero-order chi connectivity index (χ0) is 18.9. The number of ether oxygens (including phenoxy) is 2. The first-order valence-electron chi connectivity index (χ1n) is 9.48. The van der Waals surface area contributed by atoms with Crippen LogP contribution < -0.4 is 10.1 Å². The third-order valence-electron chi connectivity index (χ3n) is 5.23. The number of amides is 1. The van der Waals surface area contributed by atoms with E-state index in [2.05, 4.69) is 21.4 Å². The van der Waals surface area contributed by atoms with E-state index >= 15 is 0 Å². The van der Waals surface area contributed by atoms with Crippen molar-refractivity contribution in [1.29, 1.82) is 0 Å². The largest absolute Gasteiger partial charge is 0.488 e. The van der Waals surface area contributed by atoms with Crippen LogP contribution in [0.15, 0.2) is 36.8 Å². The van der Waals surface area contributed by atoms with E-state index in [0.29, 0.717) is 13.2 Å². The Balaban J connectivity index is 1.34. The van der Waals surface area contributed by atoms with Crippen molar-refractivity contribution in [3.05, 3.63) is 42.4 Å². The van der Waals surface area contributed by atoms with Gasteiger partial charge in [0.05, 0.1) is 24.0 Å². The molecule has 2 aromatic rings. The topological polar surface area (TPSA) is 73.3 Å². The number of fused-ring (bicyclic) bond motifs is 1. The molecule has 1 aromatic heterocycles. The van der Waals surface area contributed by atoms with Gasteiger partial charge in [0.1, 0.15) is 11.9 Å². The van der Waals surface area contributed by atoms with E-state index in [1.165, 1.54) is 0 Å². The van der Waals surface area contributed by atoms with Crippen molar-refractivity contribution in [1.82, 2.24) is 15.3 Å². The van der Waals surface area contributed by atoms with Gasteiger partial charge in [-0.3, -0.25) is 14.8 Å². The monoisotopic (exact) mass is 367 g/mol. The van der Waals surface area contributed by atoms with Crippen molar-refractivity contribution in [2.45, 2.75) is 44.8 Å². The lowest BCUT2D eigenvalue weighted by atomic mass is 9.88. The molecule has 1 fully saturated rings. The summed E-state index contributed by atoms with van der Waals surface area (Å²) in [6, 6.07) is 6.07. The van der Waals surface area contributed by atoms with Gasteiger partial charge in [-0.2, -0.15) is 0 Å². The summed E-state index contributed by atoms with van der Waals surface area (Å²) >= 11 is 0. The van der Waals surface area contributed by atoms with Crippen molar-refractivity contribution in [3.63, 3.8) is 0 Å². The summed E-state index contributed by atoms with van der Waals surface area (Å²) < 4.78 is 11.7. The standard InChI is InChI=1S/C21H25N3O3/c1-21(2)11-15(5-8-26-21)20(25)24-12-17-10-16-9-14(3-4-19(16)27-17)18-13-22-6-7-23-18/h3-4,6-7,9,13,15,17H,5,8,10-12H2,1-2H3,(H,24,25)/t15-,17-/m1/s1. The Hall–Kier alpha value is -2.47. The SMILES string of the molecule is CC1(C)C[C@H](C(=O)NC[C@H]2Cc3cc(-c4cnccn4)ccc3O2)CCO1. The number of rotatable bonds is 4. The first-order chi connectivity index (χ1) is 13.0. The number of nitrogens with zero attached hydrogens (tertiary/aromatic N) is 2. The van der Waals surface area contributed by atoms with Crippen molar-refractivity contribution >= 4 is 5.91 Å². The Morgan fingerprint density at radius 3 is 3.00 bits per heavy atom. The summed E-state index contributed by atoms with van der Waals surface area (Å²) in [5.41, 5.74) is 2.79. The van der Waals surface area contributed by atoms with Crippen LogP contribution in [0.5, 0.6) is 5.75 Å². The van der Waals surface area contributed by atoms with Crippen LogP contribution in [-0.4, -0.2) is 40.7 Å². The number of benzene rings is 1. The van der Waals surface area contributed by atoms with Crippen LogP contribution in [0, 0.1) is 5.92 Å². The van der Waals surface area contributed by atoms with Crippen LogP contribution in [0.3, 0.4) is 0 Å². The molecular formula is C21H25N3O3. The van der Waals surface area contributed by atoms with Crippen LogP contribution in [0.1, 0.15) is 32.3 Å². The number of hydrogen-bond acceptors (Lipinski definition) is 5. The fourth-order valence-corrected chi connectivity index (χ4v) is 3.86. The molecule has 2 atom stereocenters. The third kappa shape index (κ3) is 4.11. The predicted octanol–water partition coefficient (Wildman–Crippen LogP) is 2.77. The van der Waals surface area contributed by atoms with Crippen LogP contribution in [0.4, 0.5) is 0 Å². The van der Waals surface area contributed by atoms with Gasteiger partial charge in [0.25, 0.3) is 0 Å². The van der Waals surface area contributed by atoms with Crippen molar-refractivity contribution in [2.24, 2.45) is 5.92 Å². The molecule has 0 unspecified atom stereocenters. The number of carbonyl (C=O) groups is 1. The number of nitrogens with one attached hydrogen (secondary N) is 1. The molecule has 4 rings (SSSR count). The van der Waals surface area contributed by atoms with E-state index in [1.54, 1.807) is 18.6 Å². The summed E-state index contributed by atoms with van der Waals surface area (Å²) in [6.07, 6.45) is 7.39. The van der Waals surface area contributed by atoms with E-state index in [-0.39, 0.29) is 23.5 Å². The van der Waals surface area contributed by atoms with Gasteiger partial charge in [0, 0.05) is 36.9 Å². The summed E-state index contributed by atoms with van der Waals surface area (Å²) in [4.78, 5) is 21.0. The maximum Gasteiger partial charge on any atom is 0.223 e. The molecule has 2 aliphatic rings. The second-order valence-corrected chi connectivity index (χ2v) is 7.90. The van der Waals surface area contributed by atoms with E-state index in [4.69, 9.17) is 9.47 Å². The highest BCUT2D eigenvalue weighted by atomic mass is 16.5. The van der Waals surface area contributed by atoms with E-state index in [1.807, 2.05) is 26.0 Å². The van der Waals surface area contributed by atoms with Gasteiger partial charge in [0.2, 0.25) is 5.91 Å². The lowest BCUT2D eigenvalue weighted by Crippen LogP contribution is -2.43. The van der Waals surface area contributed by atoms with Gasteiger partial charge >= 0.3 is 0 Å². The number of hydrogen-bond donors (Lipinski definition) is 1. The predicted molar refractivity (Wildman–Crippen MR) is 101 cm³/mol. The summed E-state index contributed by atoms with van der Waals surface area (Å²) in [7, 11) is 0. The molecule has 1 saturated heterocycles. The summed E-state index contributed by atoms with van der Waals surface area (Å²) in [5.74, 6) is 1.00. The minimum absolute atomic E-state index is 0.0146. The van der Waals surface area contributed by atoms with Gasteiger partial charge in [-0.05, 0) is 50.5 Å². The van der Waals surface area contributed by atoms with Crippen LogP contribution in [-0.2, 0) is 16.0 Å². The second kappa shape index (κ2) is 7.27. The second-order valence-electron chi connectivity index (χ2n) is 7.90. The first kappa shape index (κ1) is 17.9. The molecular weight excluding hydrogens is 342 g/mol. The summed E-state index contributed by atoms with van der Waals surface area (Å²) in [5, 5.41) is 3.07. The minimum Gasteiger partial charge on any atom is -0.488 e. The Kier molecular flexibility index (Phi) is 4.83. The summed E-state index contributed by atoms with van der Waals surface area (Å²) in [6.45, 7) is 5.24. The average molecular weight is 367 g/mol. The normalized spacial score (nSPS) is 23.3. The Labute approximate surface area is 159 Å². The van der Waals surface area contributed by atoms with Gasteiger partial charge in [-0.1, -0.05) is 0 Å². The van der Waals surface area contributed by atoms with Gasteiger partial charge in [-0.15, -0.1) is 0 Å². The van der Waals surface area contributed by atoms with Gasteiger partial charge in [-0.25, -0.2) is 0 Å². The molecule has 6 nitrogen and oxygen atoms in total. The fourth-order valence-electron chi connectivity index (χ4n) is 3.86. The zero-order valence-corrected chi connectivity index (χ0v) is 15.8. The molecule has 0 aliphatic carbocycles. The quantitative estimate of drug-likeness (QED) is 0.900. The highest BCUT2D eigenvalue weighted by Gasteiger charge is 2.33. The van der Waals surface area contributed by atoms with Crippen LogP contribution in [0.25, 0.3) is 11.3 Å². The molecule has 2 aliphatic heterocycles. The maximum atomic E-state index is 12.5. The zero-order valence-electron chi connectivity index (χ0n) is 15.8. The average Bonchev–Trinajstić information content (AvgIpc) is 3.08. The molecule has 1 aromatic carbocycles. The van der Waals surface area contributed by atoms with E-state index in [0.717, 1.165) is 41.8 Å². The third-order valence-corrected chi connectivity index (χ3v) is 5.23. The van der Waals surface area contributed by atoms with Gasteiger partial charge in [0.15, 0.2) is 0 Å². The van der Waals surface area contributed by atoms with Crippen molar-refractivity contribution in [3.8, 4) is 17.0 Å². The molecule has 1 N–H and O–H groups in total. The lowest BCUT2D eigenvalue weighted by molar-refractivity contribution is -0.135. The van der Waals surface area contributed by atoms with Crippen LogP contribution in [0.2, 0.25) is 0 Å². The minimum atomic E-state index is -0.225. The molecule has 142 valence electrons. The van der Waals surface area contributed by atoms with Crippen molar-refractivity contribution in [2.75, 3.05) is 13.2 Å². The van der Waals surface area contributed by atoms with Crippen LogP contribution >= 0.6 is 0 Å². The Morgan fingerprint density at radius 1 is 1.33 bits per heavy atom. The van der Waals surface area contributed by atoms with E-state index < -0.39 is 0 Å². The number of carbonyl (C=O) groups excluding carboxylic acids is 1. The molecule has 6 heteroatoms. The van der Waals surface area contributed by atoms with Gasteiger partial charge < -0.3 is 14.8 Å². The smallest absolute Gasteiger partial charge is 0.223 e. The first-order valence-corrected chi connectivity index (χ1v) is 9.48. The van der Waals surface area contributed by atoms with Crippen molar-refractivity contribution < 1.29 is 14.3 Å². The maximum absolute atomic E-state index is 12.5. The molecule has 0 spiro atoms. The molecule has 3 heterocycles. The molecule has 0 saturated carbocycles. The van der Waals surface area contributed by atoms with E-state index in [9.17, 15) is 4.79 Å². The number of aromatic nitrogens is 2. The Bertz CT molecular complexity index is 823. The fraction of sp³-hybridized carbons (Fsp3) is 0.476. The molecule has 0 bridgehead atoms. The molecule has 0 radical (unpaired) electrons. The Morgan fingerprint density at radius 2 is 2.22 bits per heavy atom. The molecule has 27 heavy (non-hydrogen) atoms.